The molecule has 10 heteroatoms. The Morgan fingerprint density at radius 2 is 1.95 bits per heavy atom. The first-order valence-corrected chi connectivity index (χ1v) is 12.5. The van der Waals surface area contributed by atoms with E-state index in [0.717, 1.165) is 16.5 Å². The van der Waals surface area contributed by atoms with Gasteiger partial charge in [0.05, 0.1) is 12.1 Å². The number of halogens is 2. The second kappa shape index (κ2) is 11.5. The molecule has 0 saturated carbocycles. The van der Waals surface area contributed by atoms with Gasteiger partial charge in [0, 0.05) is 64.8 Å². The molecule has 8 nitrogen and oxygen atoms in total. The number of carbonyl (C=O) groups is 1. The van der Waals surface area contributed by atoms with E-state index < -0.39 is 11.8 Å². The molecule has 0 fully saturated rings. The van der Waals surface area contributed by atoms with Crippen LogP contribution in [0.2, 0.25) is 0 Å². The highest BCUT2D eigenvalue weighted by atomic mass is 79.9. The lowest BCUT2D eigenvalue weighted by Gasteiger charge is -2.16. The average Bonchev–Trinajstić information content (AvgIpc) is 2.86. The van der Waals surface area contributed by atoms with Gasteiger partial charge in [-0.2, -0.15) is 0 Å². The summed E-state index contributed by atoms with van der Waals surface area (Å²) in [7, 11) is 1.63. The topological polar surface area (TPSA) is 97.3 Å². The molecule has 0 spiro atoms. The SMILES string of the molecule is CCn1c(=O)c(-c2cc(NC(=O)Nc3cccc(F)c3)c(C)cc2Br)cc2cnc(NCCOC)cc21. The normalized spacial score (nSPS) is 10.9. The molecule has 2 aromatic carbocycles. The van der Waals surface area contributed by atoms with Crippen LogP contribution in [0.4, 0.5) is 26.4 Å². The zero-order valence-electron chi connectivity index (χ0n) is 20.7. The van der Waals surface area contributed by atoms with Gasteiger partial charge >= 0.3 is 6.03 Å². The second-order valence-electron chi connectivity index (χ2n) is 8.39. The Hall–Kier alpha value is -3.76. The molecule has 4 rings (SSSR count). The maximum atomic E-state index is 13.6. The molecule has 0 aliphatic carbocycles. The van der Waals surface area contributed by atoms with E-state index >= 15 is 0 Å². The van der Waals surface area contributed by atoms with Crippen molar-refractivity contribution in [2.24, 2.45) is 0 Å². The van der Waals surface area contributed by atoms with Gasteiger partial charge in [-0.15, -0.1) is 0 Å². The summed E-state index contributed by atoms with van der Waals surface area (Å²) in [6.07, 6.45) is 1.73. The van der Waals surface area contributed by atoms with Gasteiger partial charge in [0.15, 0.2) is 0 Å². The fraction of sp³-hybridized carbons (Fsp3) is 0.222. The van der Waals surface area contributed by atoms with Gasteiger partial charge in [-0.3, -0.25) is 4.79 Å². The van der Waals surface area contributed by atoms with Crippen molar-refractivity contribution < 1.29 is 13.9 Å². The van der Waals surface area contributed by atoms with E-state index in [-0.39, 0.29) is 5.56 Å². The van der Waals surface area contributed by atoms with E-state index in [1.807, 2.05) is 32.0 Å². The lowest BCUT2D eigenvalue weighted by molar-refractivity contribution is 0.210. The molecule has 0 radical (unpaired) electrons. The lowest BCUT2D eigenvalue weighted by Crippen LogP contribution is -2.22. The number of hydrogen-bond donors (Lipinski definition) is 3. The van der Waals surface area contributed by atoms with Crippen LogP contribution >= 0.6 is 15.9 Å². The number of amides is 2. The number of aromatic nitrogens is 2. The number of ether oxygens (including phenoxy) is 1. The largest absolute Gasteiger partial charge is 0.383 e. The van der Waals surface area contributed by atoms with Crippen LogP contribution in [0.15, 0.2) is 64.0 Å². The number of pyridine rings is 2. The van der Waals surface area contributed by atoms with Gasteiger partial charge in [0.1, 0.15) is 11.6 Å². The van der Waals surface area contributed by atoms with Crippen molar-refractivity contribution in [3.05, 3.63) is 80.9 Å². The van der Waals surface area contributed by atoms with Crippen LogP contribution in [0, 0.1) is 12.7 Å². The van der Waals surface area contributed by atoms with Crippen molar-refractivity contribution in [1.29, 1.82) is 0 Å². The van der Waals surface area contributed by atoms with E-state index in [4.69, 9.17) is 4.74 Å². The van der Waals surface area contributed by atoms with E-state index in [0.29, 0.717) is 52.5 Å². The van der Waals surface area contributed by atoms with Crippen molar-refractivity contribution in [2.75, 3.05) is 36.2 Å². The Kier molecular flexibility index (Phi) is 8.20. The lowest BCUT2D eigenvalue weighted by atomic mass is 10.0. The second-order valence-corrected chi connectivity index (χ2v) is 9.25. The number of anilines is 3. The molecule has 0 saturated heterocycles. The quantitative estimate of drug-likeness (QED) is 0.227. The maximum absolute atomic E-state index is 13.6. The van der Waals surface area contributed by atoms with Crippen LogP contribution in [0.25, 0.3) is 22.0 Å². The molecule has 2 amide bonds. The number of rotatable bonds is 8. The molecule has 0 aliphatic rings. The number of carbonyl (C=O) groups excluding carboxylic acids is 1. The Labute approximate surface area is 222 Å². The zero-order valence-corrected chi connectivity index (χ0v) is 22.3. The predicted octanol–water partition coefficient (Wildman–Crippen LogP) is 6.00. The number of urea groups is 1. The smallest absolute Gasteiger partial charge is 0.323 e. The zero-order chi connectivity index (χ0) is 26.5. The molecule has 2 heterocycles. The first-order valence-electron chi connectivity index (χ1n) is 11.7. The van der Waals surface area contributed by atoms with Crippen molar-refractivity contribution >= 4 is 50.1 Å². The summed E-state index contributed by atoms with van der Waals surface area (Å²) in [4.78, 5) is 30.7. The molecule has 37 heavy (non-hydrogen) atoms. The summed E-state index contributed by atoms with van der Waals surface area (Å²) in [5.74, 6) is 0.210. The number of aryl methyl sites for hydroxylation is 2. The van der Waals surface area contributed by atoms with Gasteiger partial charge < -0.3 is 25.3 Å². The van der Waals surface area contributed by atoms with Crippen LogP contribution in [-0.2, 0) is 11.3 Å². The average molecular weight is 568 g/mol. The number of benzene rings is 2. The molecule has 0 bridgehead atoms. The van der Waals surface area contributed by atoms with Gasteiger partial charge in [-0.05, 0) is 55.8 Å². The van der Waals surface area contributed by atoms with Crippen LogP contribution in [0.1, 0.15) is 12.5 Å². The first-order chi connectivity index (χ1) is 17.8. The standard InChI is InChI=1S/C27H27BrFN5O3/c1-4-34-24-14-25(30-8-9-37-3)31-15-17(24)11-21(26(34)35)20-13-23(16(2)10-22(20)28)33-27(36)32-19-7-5-6-18(29)12-19/h5-7,10-15H,4,8-9H2,1-3H3,(H,30,31)(H2,32,33,36). The van der Waals surface area contributed by atoms with Crippen LogP contribution in [0.3, 0.4) is 0 Å². The van der Waals surface area contributed by atoms with Crippen molar-refractivity contribution in [3.8, 4) is 11.1 Å². The fourth-order valence-corrected chi connectivity index (χ4v) is 4.69. The summed E-state index contributed by atoms with van der Waals surface area (Å²) in [5, 5.41) is 9.41. The molecular weight excluding hydrogens is 541 g/mol. The maximum Gasteiger partial charge on any atom is 0.323 e. The summed E-state index contributed by atoms with van der Waals surface area (Å²) in [6.45, 7) is 5.37. The summed E-state index contributed by atoms with van der Waals surface area (Å²) < 4.78 is 21.0. The van der Waals surface area contributed by atoms with E-state index in [1.165, 1.54) is 18.2 Å². The highest BCUT2D eigenvalue weighted by Gasteiger charge is 2.16. The number of nitrogens with one attached hydrogen (secondary N) is 3. The van der Waals surface area contributed by atoms with Crippen LogP contribution in [0.5, 0.6) is 0 Å². The number of hydrogen-bond acceptors (Lipinski definition) is 5. The highest BCUT2D eigenvalue weighted by Crippen LogP contribution is 2.33. The minimum atomic E-state index is -0.524. The molecule has 192 valence electrons. The summed E-state index contributed by atoms with van der Waals surface area (Å²) in [5.41, 5.74) is 3.34. The fourth-order valence-electron chi connectivity index (χ4n) is 4.02. The molecule has 0 unspecified atom stereocenters. The Morgan fingerprint density at radius 3 is 2.68 bits per heavy atom. The van der Waals surface area contributed by atoms with Crippen LogP contribution in [-0.4, -0.2) is 35.8 Å². The van der Waals surface area contributed by atoms with Gasteiger partial charge in [-0.1, -0.05) is 22.0 Å². The molecule has 0 aliphatic heterocycles. The summed E-state index contributed by atoms with van der Waals surface area (Å²) in [6, 6.07) is 12.4. The highest BCUT2D eigenvalue weighted by molar-refractivity contribution is 9.10. The molecule has 4 aromatic rings. The third-order valence-corrected chi connectivity index (χ3v) is 6.50. The Balaban J connectivity index is 1.70. The third-order valence-electron chi connectivity index (χ3n) is 5.84. The molecule has 2 aromatic heterocycles. The predicted molar refractivity (Wildman–Crippen MR) is 149 cm³/mol. The van der Waals surface area contributed by atoms with E-state index in [9.17, 15) is 14.0 Å². The summed E-state index contributed by atoms with van der Waals surface area (Å²) >= 11 is 3.58. The van der Waals surface area contributed by atoms with E-state index in [1.54, 1.807) is 30.0 Å². The number of fused-ring (bicyclic) bond motifs is 1. The molecular formula is C27H27BrFN5O3. The van der Waals surface area contributed by atoms with Crippen molar-refractivity contribution in [3.63, 3.8) is 0 Å². The first kappa shape index (κ1) is 26.3. The Bertz CT molecular complexity index is 1520. The number of nitrogens with zero attached hydrogens (tertiary/aromatic N) is 2. The Morgan fingerprint density at radius 1 is 1.14 bits per heavy atom. The van der Waals surface area contributed by atoms with Crippen LogP contribution < -0.4 is 21.5 Å². The van der Waals surface area contributed by atoms with E-state index in [2.05, 4.69) is 36.9 Å². The number of methoxy groups -OCH3 is 1. The van der Waals surface area contributed by atoms with Gasteiger partial charge in [0.2, 0.25) is 0 Å². The molecule has 3 N–H and O–H groups in total. The van der Waals surface area contributed by atoms with Gasteiger partial charge in [-0.25, -0.2) is 14.2 Å². The minimum Gasteiger partial charge on any atom is -0.383 e. The molecule has 0 atom stereocenters. The van der Waals surface area contributed by atoms with Crippen molar-refractivity contribution in [1.82, 2.24) is 9.55 Å². The third kappa shape index (κ3) is 5.98. The van der Waals surface area contributed by atoms with Gasteiger partial charge in [0.25, 0.3) is 5.56 Å². The van der Waals surface area contributed by atoms with Crippen molar-refractivity contribution in [2.45, 2.75) is 20.4 Å². The minimum absolute atomic E-state index is 0.163. The monoisotopic (exact) mass is 567 g/mol.